The standard InChI is InChI=1S/C18H26N2O3/c1-13(2)18(23)19-15-7-5-11-20(12-15)17(22)10-9-14-6-3-4-8-16(14)21/h3-4,6,8,13,15,21H,5,7,9-12H2,1-2H3,(H,19,23). The van der Waals surface area contributed by atoms with Crippen LogP contribution in [0.2, 0.25) is 0 Å². The van der Waals surface area contributed by atoms with E-state index in [1.165, 1.54) is 0 Å². The Morgan fingerprint density at radius 2 is 2.09 bits per heavy atom. The van der Waals surface area contributed by atoms with Gasteiger partial charge in [0.1, 0.15) is 5.75 Å². The molecular formula is C18H26N2O3. The van der Waals surface area contributed by atoms with Gasteiger partial charge < -0.3 is 15.3 Å². The molecule has 1 unspecified atom stereocenters. The van der Waals surface area contributed by atoms with Crippen molar-refractivity contribution in [3.05, 3.63) is 29.8 Å². The lowest BCUT2D eigenvalue weighted by Crippen LogP contribution is -2.50. The summed E-state index contributed by atoms with van der Waals surface area (Å²) in [5.74, 6) is 0.318. The summed E-state index contributed by atoms with van der Waals surface area (Å²) in [6, 6.07) is 7.15. The van der Waals surface area contributed by atoms with Crippen LogP contribution in [-0.2, 0) is 16.0 Å². The van der Waals surface area contributed by atoms with Crippen LogP contribution in [0.3, 0.4) is 0 Å². The lowest BCUT2D eigenvalue weighted by Gasteiger charge is -2.33. The fourth-order valence-electron chi connectivity index (χ4n) is 2.81. The topological polar surface area (TPSA) is 69.6 Å². The van der Waals surface area contributed by atoms with Crippen molar-refractivity contribution in [2.45, 2.75) is 45.6 Å². The molecule has 1 atom stereocenters. The Bertz CT molecular complexity index is 557. The molecule has 23 heavy (non-hydrogen) atoms. The van der Waals surface area contributed by atoms with E-state index >= 15 is 0 Å². The number of hydrogen-bond acceptors (Lipinski definition) is 3. The summed E-state index contributed by atoms with van der Waals surface area (Å²) in [6.45, 7) is 5.06. The monoisotopic (exact) mass is 318 g/mol. The third-order valence-electron chi connectivity index (χ3n) is 4.24. The molecule has 1 aliphatic rings. The van der Waals surface area contributed by atoms with Gasteiger partial charge in [-0.2, -0.15) is 0 Å². The highest BCUT2D eigenvalue weighted by molar-refractivity contribution is 5.79. The van der Waals surface area contributed by atoms with Crippen molar-refractivity contribution in [3.8, 4) is 5.75 Å². The predicted octanol–water partition coefficient (Wildman–Crippen LogP) is 2.09. The van der Waals surface area contributed by atoms with Gasteiger partial charge in [-0.05, 0) is 30.9 Å². The van der Waals surface area contributed by atoms with Crippen LogP contribution in [0.1, 0.15) is 38.7 Å². The maximum absolute atomic E-state index is 12.4. The summed E-state index contributed by atoms with van der Waals surface area (Å²) >= 11 is 0. The van der Waals surface area contributed by atoms with Crippen LogP contribution in [0.5, 0.6) is 5.75 Å². The minimum Gasteiger partial charge on any atom is -0.508 e. The summed E-state index contributed by atoms with van der Waals surface area (Å²) in [7, 11) is 0. The predicted molar refractivity (Wildman–Crippen MR) is 89.0 cm³/mol. The fourth-order valence-corrected chi connectivity index (χ4v) is 2.81. The maximum atomic E-state index is 12.4. The number of piperidine rings is 1. The molecule has 0 aliphatic carbocycles. The number of para-hydroxylation sites is 1. The number of hydrogen-bond donors (Lipinski definition) is 2. The molecular weight excluding hydrogens is 292 g/mol. The minimum atomic E-state index is -0.0397. The third-order valence-corrected chi connectivity index (χ3v) is 4.24. The van der Waals surface area contributed by atoms with Crippen LogP contribution < -0.4 is 5.32 Å². The number of carbonyl (C=O) groups excluding carboxylic acids is 2. The van der Waals surface area contributed by atoms with E-state index in [0.29, 0.717) is 19.4 Å². The first-order chi connectivity index (χ1) is 11.0. The van der Waals surface area contributed by atoms with E-state index in [1.54, 1.807) is 12.1 Å². The molecule has 1 aliphatic heterocycles. The Morgan fingerprint density at radius 3 is 2.78 bits per heavy atom. The van der Waals surface area contributed by atoms with E-state index in [0.717, 1.165) is 24.9 Å². The molecule has 5 heteroatoms. The van der Waals surface area contributed by atoms with Gasteiger partial charge in [-0.1, -0.05) is 32.0 Å². The van der Waals surface area contributed by atoms with Crippen molar-refractivity contribution in [1.29, 1.82) is 0 Å². The molecule has 0 radical (unpaired) electrons. The van der Waals surface area contributed by atoms with Gasteiger partial charge in [-0.25, -0.2) is 0 Å². The molecule has 1 saturated heterocycles. The van der Waals surface area contributed by atoms with Crippen LogP contribution in [0.25, 0.3) is 0 Å². The van der Waals surface area contributed by atoms with Crippen molar-refractivity contribution in [1.82, 2.24) is 10.2 Å². The summed E-state index contributed by atoms with van der Waals surface area (Å²) in [4.78, 5) is 26.0. The average molecular weight is 318 g/mol. The number of rotatable bonds is 5. The third kappa shape index (κ3) is 4.98. The molecule has 2 amide bonds. The van der Waals surface area contributed by atoms with Crippen molar-refractivity contribution < 1.29 is 14.7 Å². The maximum Gasteiger partial charge on any atom is 0.222 e. The quantitative estimate of drug-likeness (QED) is 0.873. The first kappa shape index (κ1) is 17.3. The van der Waals surface area contributed by atoms with Crippen LogP contribution in [0.15, 0.2) is 24.3 Å². The lowest BCUT2D eigenvalue weighted by atomic mass is 10.0. The van der Waals surface area contributed by atoms with Crippen molar-refractivity contribution in [3.63, 3.8) is 0 Å². The molecule has 5 nitrogen and oxygen atoms in total. The van der Waals surface area contributed by atoms with Crippen LogP contribution >= 0.6 is 0 Å². The minimum absolute atomic E-state index is 0.0397. The van der Waals surface area contributed by atoms with E-state index in [4.69, 9.17) is 0 Å². The second-order valence-corrected chi connectivity index (χ2v) is 6.47. The number of carbonyl (C=O) groups is 2. The zero-order valence-corrected chi connectivity index (χ0v) is 13.9. The Balaban J connectivity index is 1.84. The van der Waals surface area contributed by atoms with E-state index in [-0.39, 0.29) is 29.5 Å². The highest BCUT2D eigenvalue weighted by atomic mass is 16.3. The molecule has 1 aromatic rings. The molecule has 2 rings (SSSR count). The second-order valence-electron chi connectivity index (χ2n) is 6.47. The van der Waals surface area contributed by atoms with Crippen molar-refractivity contribution >= 4 is 11.8 Å². The van der Waals surface area contributed by atoms with Gasteiger partial charge in [0.2, 0.25) is 11.8 Å². The number of phenolic OH excluding ortho intramolecular Hbond substituents is 1. The van der Waals surface area contributed by atoms with Gasteiger partial charge in [0.05, 0.1) is 0 Å². The smallest absolute Gasteiger partial charge is 0.222 e. The van der Waals surface area contributed by atoms with Gasteiger partial charge in [0.25, 0.3) is 0 Å². The Hall–Kier alpha value is -2.04. The molecule has 0 aromatic heterocycles. The normalized spacial score (nSPS) is 18.0. The van der Waals surface area contributed by atoms with Crippen molar-refractivity contribution in [2.24, 2.45) is 5.92 Å². The van der Waals surface area contributed by atoms with Crippen LogP contribution in [-0.4, -0.2) is 41.0 Å². The van der Waals surface area contributed by atoms with E-state index < -0.39 is 0 Å². The molecule has 0 spiro atoms. The summed E-state index contributed by atoms with van der Waals surface area (Å²) in [5.41, 5.74) is 0.794. The fraction of sp³-hybridized carbons (Fsp3) is 0.556. The van der Waals surface area contributed by atoms with E-state index in [9.17, 15) is 14.7 Å². The van der Waals surface area contributed by atoms with E-state index in [2.05, 4.69) is 5.32 Å². The Kier molecular flexibility index (Phi) is 6.02. The Morgan fingerprint density at radius 1 is 1.35 bits per heavy atom. The summed E-state index contributed by atoms with van der Waals surface area (Å²) in [6.07, 6.45) is 2.74. The summed E-state index contributed by atoms with van der Waals surface area (Å²) in [5, 5.41) is 12.8. The van der Waals surface area contributed by atoms with Gasteiger partial charge >= 0.3 is 0 Å². The van der Waals surface area contributed by atoms with Crippen molar-refractivity contribution in [2.75, 3.05) is 13.1 Å². The van der Waals surface area contributed by atoms with Crippen LogP contribution in [0.4, 0.5) is 0 Å². The molecule has 0 bridgehead atoms. The number of nitrogens with zero attached hydrogens (tertiary/aromatic N) is 1. The molecule has 2 N–H and O–H groups in total. The SMILES string of the molecule is CC(C)C(=O)NC1CCCN(C(=O)CCc2ccccc2O)C1. The first-order valence-corrected chi connectivity index (χ1v) is 8.32. The number of phenols is 1. The number of amides is 2. The first-order valence-electron chi connectivity index (χ1n) is 8.32. The van der Waals surface area contributed by atoms with Gasteiger partial charge in [-0.3, -0.25) is 9.59 Å². The van der Waals surface area contributed by atoms with Crippen LogP contribution in [0, 0.1) is 5.92 Å². The number of aryl methyl sites for hydroxylation is 1. The second kappa shape index (κ2) is 7.99. The molecule has 0 saturated carbocycles. The molecule has 126 valence electrons. The highest BCUT2D eigenvalue weighted by Crippen LogP contribution is 2.19. The van der Waals surface area contributed by atoms with Gasteiger partial charge in [0.15, 0.2) is 0 Å². The molecule has 1 aromatic carbocycles. The number of benzene rings is 1. The summed E-state index contributed by atoms with van der Waals surface area (Å²) < 4.78 is 0. The molecule has 1 heterocycles. The Labute approximate surface area is 137 Å². The van der Waals surface area contributed by atoms with E-state index in [1.807, 2.05) is 30.9 Å². The zero-order chi connectivity index (χ0) is 16.8. The number of likely N-dealkylation sites (tertiary alicyclic amines) is 1. The average Bonchev–Trinajstić information content (AvgIpc) is 2.54. The zero-order valence-electron chi connectivity index (χ0n) is 13.9. The highest BCUT2D eigenvalue weighted by Gasteiger charge is 2.25. The number of aromatic hydroxyl groups is 1. The largest absolute Gasteiger partial charge is 0.508 e. The number of nitrogens with one attached hydrogen (secondary N) is 1. The van der Waals surface area contributed by atoms with Gasteiger partial charge in [0, 0.05) is 31.5 Å². The lowest BCUT2D eigenvalue weighted by molar-refractivity contribution is -0.134. The molecule has 1 fully saturated rings. The van der Waals surface area contributed by atoms with Gasteiger partial charge in [-0.15, -0.1) is 0 Å².